The minimum atomic E-state index is -0.540. The molecule has 1 aromatic rings. The molecule has 3 fully saturated rings. The number of likely N-dealkylation sites (tertiary alicyclic amines) is 1. The molecule has 1 heterocycles. The summed E-state index contributed by atoms with van der Waals surface area (Å²) in [6.45, 7) is 3.15. The first-order valence-electron chi connectivity index (χ1n) is 10.5. The van der Waals surface area contributed by atoms with Gasteiger partial charge in [-0.25, -0.2) is 4.79 Å². The number of nitrogens with zero attached hydrogens (tertiary/aromatic N) is 1. The van der Waals surface area contributed by atoms with E-state index in [0.29, 0.717) is 17.5 Å². The van der Waals surface area contributed by atoms with Crippen LogP contribution in [-0.4, -0.2) is 41.2 Å². The largest absolute Gasteiger partial charge is 0.459 e. The number of amides is 3. The van der Waals surface area contributed by atoms with Gasteiger partial charge in [0.2, 0.25) is 17.7 Å². The lowest BCUT2D eigenvalue weighted by Gasteiger charge is -2.37. The second-order valence-electron chi connectivity index (χ2n) is 8.97. The number of hydrogen-bond donors (Lipinski definition) is 1. The lowest BCUT2D eigenvalue weighted by Crippen LogP contribution is -2.40. The van der Waals surface area contributed by atoms with Crippen LogP contribution in [0.25, 0.3) is 0 Å². The smallest absolute Gasteiger partial charge is 0.340 e. The van der Waals surface area contributed by atoms with Crippen LogP contribution in [0.1, 0.15) is 30.6 Å². The molecule has 0 unspecified atom stereocenters. The number of hydrogen-bond acceptors (Lipinski definition) is 5. The summed E-state index contributed by atoms with van der Waals surface area (Å²) < 4.78 is 5.22. The van der Waals surface area contributed by atoms with Gasteiger partial charge in [0, 0.05) is 0 Å². The average Bonchev–Trinajstić information content (AvgIpc) is 3.49. The lowest BCUT2D eigenvalue weighted by molar-refractivity contribution is -0.142. The number of imide groups is 1. The van der Waals surface area contributed by atoms with Crippen molar-refractivity contribution in [3.8, 4) is 0 Å². The van der Waals surface area contributed by atoms with Crippen LogP contribution >= 0.6 is 0 Å². The summed E-state index contributed by atoms with van der Waals surface area (Å²) in [6, 6.07) is 6.54. The molecule has 2 saturated carbocycles. The molecule has 156 valence electrons. The Bertz CT molecular complexity index is 948. The predicted octanol–water partition coefficient (Wildman–Crippen LogP) is 2.24. The Morgan fingerprint density at radius 2 is 1.67 bits per heavy atom. The molecule has 7 nitrogen and oxygen atoms in total. The highest BCUT2D eigenvalue weighted by molar-refractivity contribution is 6.10. The van der Waals surface area contributed by atoms with Gasteiger partial charge in [-0.05, 0) is 56.1 Å². The third kappa shape index (κ3) is 2.87. The number of nitrogens with one attached hydrogen (secondary N) is 1. The highest BCUT2D eigenvalue weighted by Crippen LogP contribution is 2.65. The van der Waals surface area contributed by atoms with Gasteiger partial charge in [0.15, 0.2) is 0 Å². The molecule has 30 heavy (non-hydrogen) atoms. The van der Waals surface area contributed by atoms with E-state index in [4.69, 9.17) is 4.74 Å². The number of ether oxygens (including phenoxy) is 1. The summed E-state index contributed by atoms with van der Waals surface area (Å²) in [5.74, 6) is -0.879. The van der Waals surface area contributed by atoms with Crippen molar-refractivity contribution in [2.45, 2.75) is 26.4 Å². The second kappa shape index (κ2) is 6.79. The van der Waals surface area contributed by atoms with Crippen molar-refractivity contribution in [2.24, 2.45) is 35.5 Å². The summed E-state index contributed by atoms with van der Waals surface area (Å²) in [5.41, 5.74) is 0.530. The third-order valence-corrected chi connectivity index (χ3v) is 6.82. The van der Waals surface area contributed by atoms with E-state index in [1.807, 2.05) is 0 Å². The number of benzene rings is 1. The molecule has 0 aromatic heterocycles. The first-order chi connectivity index (χ1) is 14.4. The molecule has 6 atom stereocenters. The number of esters is 1. The van der Waals surface area contributed by atoms with Gasteiger partial charge in [0.1, 0.15) is 6.54 Å². The van der Waals surface area contributed by atoms with E-state index in [0.717, 1.165) is 11.3 Å². The van der Waals surface area contributed by atoms with Gasteiger partial charge in [-0.3, -0.25) is 19.3 Å². The fourth-order valence-electron chi connectivity index (χ4n) is 5.56. The zero-order valence-corrected chi connectivity index (χ0v) is 16.9. The number of allylic oxidation sites excluding steroid dienone is 2. The summed E-state index contributed by atoms with van der Waals surface area (Å²) in [7, 11) is 0. The summed E-state index contributed by atoms with van der Waals surface area (Å²) in [5, 5.41) is 2.67. The Hall–Kier alpha value is -2.96. The van der Waals surface area contributed by atoms with Crippen LogP contribution in [0.5, 0.6) is 0 Å². The van der Waals surface area contributed by atoms with E-state index in [9.17, 15) is 19.2 Å². The molecule has 3 amide bonds. The topological polar surface area (TPSA) is 92.8 Å². The Balaban J connectivity index is 1.30. The van der Waals surface area contributed by atoms with Gasteiger partial charge in [-0.1, -0.05) is 24.3 Å². The molecule has 1 saturated heterocycles. The monoisotopic (exact) mass is 408 g/mol. The van der Waals surface area contributed by atoms with Crippen LogP contribution in [-0.2, 0) is 19.1 Å². The molecule has 6 rings (SSSR count). The van der Waals surface area contributed by atoms with Crippen molar-refractivity contribution in [1.29, 1.82) is 0 Å². The maximum Gasteiger partial charge on any atom is 0.340 e. The predicted molar refractivity (Wildman–Crippen MR) is 107 cm³/mol. The van der Waals surface area contributed by atoms with Gasteiger partial charge >= 0.3 is 5.97 Å². The minimum absolute atomic E-state index is 0.126. The van der Waals surface area contributed by atoms with E-state index >= 15 is 0 Å². The Labute approximate surface area is 174 Å². The van der Waals surface area contributed by atoms with Crippen LogP contribution in [0, 0.1) is 35.5 Å². The molecule has 4 aliphatic carbocycles. The quantitative estimate of drug-likeness (QED) is 0.458. The number of carbonyl (C=O) groups is 4. The van der Waals surface area contributed by atoms with Crippen molar-refractivity contribution in [2.75, 3.05) is 11.9 Å². The van der Waals surface area contributed by atoms with Crippen molar-refractivity contribution in [1.82, 2.24) is 4.90 Å². The van der Waals surface area contributed by atoms with Crippen molar-refractivity contribution in [3.05, 3.63) is 42.0 Å². The first-order valence-corrected chi connectivity index (χ1v) is 10.5. The van der Waals surface area contributed by atoms with Gasteiger partial charge in [0.05, 0.1) is 29.2 Å². The molecular weight excluding hydrogens is 384 g/mol. The normalized spacial score (nSPS) is 32.8. The SMILES string of the molecule is CC(C)OC(=O)c1ccccc1NC(=O)CN1C(=O)[C@@H]2[C@H]3C=C[C@@H]([C@@H]4C[C@@H]34)[C@H]2C1=O. The van der Waals surface area contributed by atoms with Gasteiger partial charge in [-0.2, -0.15) is 0 Å². The van der Waals surface area contributed by atoms with E-state index in [1.165, 1.54) is 0 Å². The fourth-order valence-corrected chi connectivity index (χ4v) is 5.56. The fraction of sp³-hybridized carbons (Fsp3) is 0.478. The van der Waals surface area contributed by atoms with Crippen LogP contribution in [0.2, 0.25) is 0 Å². The number of carbonyl (C=O) groups excluding carboxylic acids is 4. The maximum atomic E-state index is 13.0. The molecule has 1 N–H and O–H groups in total. The summed E-state index contributed by atoms with van der Waals surface area (Å²) in [4.78, 5) is 52.1. The Morgan fingerprint density at radius 1 is 1.07 bits per heavy atom. The highest BCUT2D eigenvalue weighted by Gasteiger charge is 2.67. The maximum absolute atomic E-state index is 13.0. The van der Waals surface area contributed by atoms with Crippen LogP contribution in [0.3, 0.4) is 0 Å². The van der Waals surface area contributed by atoms with E-state index in [1.54, 1.807) is 38.1 Å². The third-order valence-electron chi connectivity index (χ3n) is 6.82. The summed E-state index contributed by atoms with van der Waals surface area (Å²) in [6.07, 6.45) is 5.01. The molecule has 7 heteroatoms. The number of anilines is 1. The highest BCUT2D eigenvalue weighted by atomic mass is 16.5. The molecule has 0 radical (unpaired) electrons. The van der Waals surface area contributed by atoms with Crippen molar-refractivity contribution < 1.29 is 23.9 Å². The van der Waals surface area contributed by atoms with Gasteiger partial charge < -0.3 is 10.1 Å². The molecule has 0 spiro atoms. The van der Waals surface area contributed by atoms with Crippen LogP contribution < -0.4 is 5.32 Å². The van der Waals surface area contributed by atoms with Crippen molar-refractivity contribution in [3.63, 3.8) is 0 Å². The van der Waals surface area contributed by atoms with Crippen LogP contribution in [0.4, 0.5) is 5.69 Å². The number of rotatable bonds is 5. The molecule has 2 bridgehead atoms. The Morgan fingerprint density at radius 3 is 2.27 bits per heavy atom. The lowest BCUT2D eigenvalue weighted by atomic mass is 9.63. The zero-order valence-electron chi connectivity index (χ0n) is 16.9. The molecule has 1 aliphatic heterocycles. The average molecular weight is 408 g/mol. The summed E-state index contributed by atoms with van der Waals surface area (Å²) >= 11 is 0. The first kappa shape index (κ1) is 19.0. The van der Waals surface area contributed by atoms with Crippen molar-refractivity contribution >= 4 is 29.4 Å². The minimum Gasteiger partial charge on any atom is -0.459 e. The molecule has 1 aromatic carbocycles. The van der Waals surface area contributed by atoms with E-state index in [-0.39, 0.29) is 53.7 Å². The van der Waals surface area contributed by atoms with E-state index in [2.05, 4.69) is 17.5 Å². The molecule has 5 aliphatic rings. The zero-order chi connectivity index (χ0) is 21.2. The van der Waals surface area contributed by atoms with Gasteiger partial charge in [0.25, 0.3) is 0 Å². The standard InChI is InChI=1S/C23H24N2O5/c1-11(2)30-23(29)14-5-3-4-6-17(14)24-18(26)10-25-21(27)19-12-7-8-13(16-9-15(12)16)20(19)22(25)28/h3-8,11-13,15-16,19-20H,9-10H2,1-2H3,(H,24,26)/t12-,13-,15-,16-,19+,20+/m0/s1. The van der Waals surface area contributed by atoms with Gasteiger partial charge in [-0.15, -0.1) is 0 Å². The number of para-hydroxylation sites is 1. The second-order valence-corrected chi connectivity index (χ2v) is 8.97. The molecular formula is C23H24N2O5. The van der Waals surface area contributed by atoms with Crippen LogP contribution in [0.15, 0.2) is 36.4 Å². The Kier molecular flexibility index (Phi) is 4.31. The van der Waals surface area contributed by atoms with E-state index < -0.39 is 11.9 Å².